The van der Waals surface area contributed by atoms with Gasteiger partial charge in [-0.2, -0.15) is 0 Å². The second-order valence-corrected chi connectivity index (χ2v) is 24.6. The molecule has 10 aromatic rings. The third-order valence-electron chi connectivity index (χ3n) is 16.8. The van der Waals surface area contributed by atoms with Crippen molar-refractivity contribution < 1.29 is 0 Å². The number of pyridine rings is 1. The molecule has 2 aromatic heterocycles. The molecule has 0 saturated carbocycles. The number of rotatable bonds is 18. The van der Waals surface area contributed by atoms with E-state index in [0.717, 1.165) is 40.8 Å². The lowest BCUT2D eigenvalue weighted by Crippen LogP contribution is -2.28. The molecular formula is C77H78N4. The molecule has 0 saturated heterocycles. The summed E-state index contributed by atoms with van der Waals surface area (Å²) in [6, 6.07) is 74.9. The predicted molar refractivity (Wildman–Crippen MR) is 341 cm³/mol. The van der Waals surface area contributed by atoms with Gasteiger partial charge in [0.15, 0.2) is 17.5 Å². The molecule has 0 aliphatic heterocycles. The Morgan fingerprint density at radius 1 is 0.346 bits per heavy atom. The number of hydrogen-bond donors (Lipinski definition) is 0. The minimum absolute atomic E-state index is 0.0249. The Kier molecular flexibility index (Phi) is 16.0. The van der Waals surface area contributed by atoms with Crippen molar-refractivity contribution in [2.45, 2.75) is 136 Å². The highest BCUT2D eigenvalue weighted by molar-refractivity contribution is 5.89. The van der Waals surface area contributed by atoms with Gasteiger partial charge in [0, 0.05) is 28.5 Å². The average molecular weight is 1060 g/mol. The van der Waals surface area contributed by atoms with Gasteiger partial charge in [-0.15, -0.1) is 0 Å². The minimum Gasteiger partial charge on any atom is -0.255 e. The molecule has 81 heavy (non-hydrogen) atoms. The van der Waals surface area contributed by atoms with Crippen LogP contribution in [0.3, 0.4) is 0 Å². The molecule has 0 fully saturated rings. The lowest BCUT2D eigenvalue weighted by Gasteiger charge is -2.35. The molecule has 4 heteroatoms. The van der Waals surface area contributed by atoms with E-state index in [9.17, 15) is 0 Å². The predicted octanol–water partition coefficient (Wildman–Crippen LogP) is 20.5. The first kappa shape index (κ1) is 54.9. The Bertz CT molecular complexity index is 3590. The summed E-state index contributed by atoms with van der Waals surface area (Å²) in [4.78, 5) is 20.6. The van der Waals surface area contributed by atoms with Crippen LogP contribution in [0.1, 0.15) is 151 Å². The summed E-state index contributed by atoms with van der Waals surface area (Å²) in [5.41, 5.74) is 21.7. The molecule has 8 aromatic carbocycles. The SMILES string of the molecule is CCCCCCc1ccc(-c2cccc(C3(c4cccc(-c5ccc(CCCCCC)cc5)c4)c4ccccc4-c4ccc(-c5ccc(-c6nc(-c7ccc(C(C)(C)C)cc7)nc(-c7ccc(C(C)(C)C)cc7)n6)cn5)cc43)c2)cc1. The van der Waals surface area contributed by atoms with E-state index in [4.69, 9.17) is 19.9 Å². The zero-order chi connectivity index (χ0) is 56.1. The van der Waals surface area contributed by atoms with Crippen LogP contribution in [0, 0.1) is 0 Å². The number of fused-ring (bicyclic) bond motifs is 3. The van der Waals surface area contributed by atoms with E-state index in [1.54, 1.807) is 0 Å². The minimum atomic E-state index is -0.653. The molecule has 4 nitrogen and oxygen atoms in total. The van der Waals surface area contributed by atoms with Crippen LogP contribution >= 0.6 is 0 Å². The summed E-state index contributed by atoms with van der Waals surface area (Å²) >= 11 is 0. The van der Waals surface area contributed by atoms with Crippen LogP contribution in [0.15, 0.2) is 206 Å². The van der Waals surface area contributed by atoms with E-state index < -0.39 is 5.41 Å². The highest BCUT2D eigenvalue weighted by Gasteiger charge is 2.46. The van der Waals surface area contributed by atoms with Crippen molar-refractivity contribution in [2.75, 3.05) is 0 Å². The van der Waals surface area contributed by atoms with Crippen molar-refractivity contribution in [2.24, 2.45) is 0 Å². The van der Waals surface area contributed by atoms with Gasteiger partial charge >= 0.3 is 0 Å². The summed E-state index contributed by atoms with van der Waals surface area (Å²) in [7, 11) is 0. The molecule has 2 heterocycles. The molecule has 0 amide bonds. The van der Waals surface area contributed by atoms with Crippen LogP contribution < -0.4 is 0 Å². The Balaban J connectivity index is 1.01. The van der Waals surface area contributed by atoms with Crippen LogP contribution in [0.4, 0.5) is 0 Å². The van der Waals surface area contributed by atoms with E-state index >= 15 is 0 Å². The third kappa shape index (κ3) is 11.6. The molecule has 0 atom stereocenters. The Hall–Kier alpha value is -8.08. The summed E-state index contributed by atoms with van der Waals surface area (Å²) in [6.07, 6.45) is 14.3. The monoisotopic (exact) mass is 1060 g/mol. The summed E-state index contributed by atoms with van der Waals surface area (Å²) in [5, 5.41) is 0. The van der Waals surface area contributed by atoms with Crippen LogP contribution in [-0.4, -0.2) is 19.9 Å². The van der Waals surface area contributed by atoms with Gasteiger partial charge in [-0.05, 0) is 145 Å². The highest BCUT2D eigenvalue weighted by Crippen LogP contribution is 2.57. The molecule has 406 valence electrons. The average Bonchev–Trinajstić information content (AvgIpc) is 3.17. The van der Waals surface area contributed by atoms with Gasteiger partial charge in [-0.3, -0.25) is 4.98 Å². The van der Waals surface area contributed by atoms with Crippen LogP contribution in [0.25, 0.3) is 78.8 Å². The molecule has 1 aliphatic carbocycles. The first-order valence-electron chi connectivity index (χ1n) is 29.9. The highest BCUT2D eigenvalue weighted by atomic mass is 15.0. The van der Waals surface area contributed by atoms with E-state index in [2.05, 4.69) is 256 Å². The Morgan fingerprint density at radius 2 is 0.790 bits per heavy atom. The first-order valence-corrected chi connectivity index (χ1v) is 29.9. The quantitative estimate of drug-likeness (QED) is 0.0804. The van der Waals surface area contributed by atoms with Crippen molar-refractivity contribution in [1.82, 2.24) is 19.9 Å². The van der Waals surface area contributed by atoms with Crippen molar-refractivity contribution >= 4 is 0 Å². The molecule has 0 radical (unpaired) electrons. The number of aromatic nitrogens is 4. The topological polar surface area (TPSA) is 51.6 Å². The number of unbranched alkanes of at least 4 members (excludes halogenated alkanes) is 6. The van der Waals surface area contributed by atoms with Gasteiger partial charge in [-0.1, -0.05) is 264 Å². The van der Waals surface area contributed by atoms with Gasteiger partial charge in [0.2, 0.25) is 0 Å². The van der Waals surface area contributed by atoms with E-state index in [1.807, 2.05) is 6.20 Å². The van der Waals surface area contributed by atoms with E-state index in [-0.39, 0.29) is 10.8 Å². The number of hydrogen-bond acceptors (Lipinski definition) is 4. The molecule has 0 bridgehead atoms. The normalized spacial score (nSPS) is 12.8. The Labute approximate surface area is 482 Å². The number of benzene rings is 8. The lowest BCUT2D eigenvalue weighted by atomic mass is 9.66. The smallest absolute Gasteiger partial charge is 0.165 e. The number of aryl methyl sites for hydroxylation is 2. The lowest BCUT2D eigenvalue weighted by molar-refractivity contribution is 0.590. The maximum atomic E-state index is 5.25. The molecule has 0 N–H and O–H groups in total. The molecule has 11 rings (SSSR count). The maximum absolute atomic E-state index is 5.25. The number of nitrogens with zero attached hydrogens (tertiary/aromatic N) is 4. The van der Waals surface area contributed by atoms with Crippen molar-refractivity contribution in [3.63, 3.8) is 0 Å². The van der Waals surface area contributed by atoms with Crippen LogP contribution in [0.5, 0.6) is 0 Å². The summed E-state index contributed by atoms with van der Waals surface area (Å²) < 4.78 is 0. The zero-order valence-corrected chi connectivity index (χ0v) is 49.0. The molecule has 1 aliphatic rings. The summed E-state index contributed by atoms with van der Waals surface area (Å²) in [5.74, 6) is 1.85. The van der Waals surface area contributed by atoms with Crippen molar-refractivity contribution in [3.05, 3.63) is 251 Å². The maximum Gasteiger partial charge on any atom is 0.165 e. The summed E-state index contributed by atoms with van der Waals surface area (Å²) in [6.45, 7) is 18.0. The van der Waals surface area contributed by atoms with Gasteiger partial charge < -0.3 is 0 Å². The fourth-order valence-electron chi connectivity index (χ4n) is 12.0. The molecule has 0 spiro atoms. The molecule has 0 unspecified atom stereocenters. The van der Waals surface area contributed by atoms with E-state index in [1.165, 1.54) is 129 Å². The van der Waals surface area contributed by atoms with E-state index in [0.29, 0.717) is 17.5 Å². The fraction of sp³-hybridized carbons (Fsp3) is 0.273. The third-order valence-corrected chi connectivity index (χ3v) is 16.8. The van der Waals surface area contributed by atoms with Crippen LogP contribution in [-0.2, 0) is 29.1 Å². The van der Waals surface area contributed by atoms with Gasteiger partial charge in [0.25, 0.3) is 0 Å². The largest absolute Gasteiger partial charge is 0.255 e. The van der Waals surface area contributed by atoms with Gasteiger partial charge in [0.1, 0.15) is 0 Å². The Morgan fingerprint density at radius 3 is 1.26 bits per heavy atom. The van der Waals surface area contributed by atoms with Crippen molar-refractivity contribution in [1.29, 1.82) is 0 Å². The van der Waals surface area contributed by atoms with Crippen molar-refractivity contribution in [3.8, 4) is 78.8 Å². The second-order valence-electron chi connectivity index (χ2n) is 24.6. The molecular weight excluding hydrogens is 981 g/mol. The zero-order valence-electron chi connectivity index (χ0n) is 49.0. The second kappa shape index (κ2) is 23.6. The first-order chi connectivity index (χ1) is 39.3. The van der Waals surface area contributed by atoms with Crippen LogP contribution in [0.2, 0.25) is 0 Å². The fourth-order valence-corrected chi connectivity index (χ4v) is 12.0. The standard InChI is InChI=1S/C77H78N4/c1-9-11-13-15-21-53-29-33-55(34-30-53)59-23-19-25-65(49-59)77(66-26-20-24-60(50-66)56-35-31-54(32-36-56)22-16-14-12-10-2)69-28-18-17-27-67(69)68-47-41-61(51-70(68)77)71-48-42-62(52-78-71)74-80-72(57-37-43-63(44-38-57)75(3,4)5)79-73(81-74)58-39-45-64(46-40-58)76(6,7)8/h17-20,23-52H,9-16,21-22H2,1-8H3. The van der Waals surface area contributed by atoms with Gasteiger partial charge in [-0.25, -0.2) is 15.0 Å². The van der Waals surface area contributed by atoms with Gasteiger partial charge in [0.05, 0.1) is 11.1 Å².